The van der Waals surface area contributed by atoms with Crippen LogP contribution in [0.1, 0.15) is 10.4 Å². The minimum Gasteiger partial charge on any atom is -0.374 e. The first-order valence-electron chi connectivity index (χ1n) is 8.54. The van der Waals surface area contributed by atoms with Gasteiger partial charge in [-0.15, -0.1) is 0 Å². The molecule has 0 aliphatic carbocycles. The first-order chi connectivity index (χ1) is 12.7. The van der Waals surface area contributed by atoms with E-state index in [1.165, 1.54) is 12.3 Å². The van der Waals surface area contributed by atoms with Gasteiger partial charge in [-0.1, -0.05) is 12.1 Å². The van der Waals surface area contributed by atoms with Crippen LogP contribution >= 0.6 is 0 Å². The van der Waals surface area contributed by atoms with E-state index in [9.17, 15) is 9.18 Å². The molecule has 1 amide bonds. The molecule has 134 valence electrons. The molecule has 1 aromatic carbocycles. The third-order valence-electron chi connectivity index (χ3n) is 4.41. The average molecular weight is 354 g/mol. The zero-order valence-corrected chi connectivity index (χ0v) is 14.1. The number of rotatable bonds is 4. The molecule has 0 spiro atoms. The minimum atomic E-state index is -0.327. The van der Waals surface area contributed by atoms with Crippen LogP contribution in [0.3, 0.4) is 0 Å². The Labute approximate surface area is 150 Å². The highest BCUT2D eigenvalue weighted by Crippen LogP contribution is 2.21. The molecule has 0 bridgehead atoms. The van der Waals surface area contributed by atoms with Crippen LogP contribution in [0.2, 0.25) is 0 Å². The van der Waals surface area contributed by atoms with Gasteiger partial charge in [-0.3, -0.25) is 9.20 Å². The molecule has 2 N–H and O–H groups in total. The fraction of sp³-hybridized carbons (Fsp3) is 0.263. The second kappa shape index (κ2) is 7.23. The van der Waals surface area contributed by atoms with Crippen molar-refractivity contribution in [3.8, 4) is 11.3 Å². The third kappa shape index (κ3) is 3.44. The molecule has 1 fully saturated rings. The number of halogens is 1. The standard InChI is InChI=1S/C19H19FN4O2/c20-15-5-6-18-22-11-17(24(18)12-15)13-1-3-14(4-2-13)19(25)23-10-16-9-21-7-8-26-16/h1-6,11-12,16,21H,7-10H2,(H,23,25). The lowest BCUT2D eigenvalue weighted by Crippen LogP contribution is -2.45. The average Bonchev–Trinajstić information content (AvgIpc) is 3.10. The number of fused-ring (bicyclic) bond motifs is 1. The van der Waals surface area contributed by atoms with E-state index in [1.807, 2.05) is 12.1 Å². The Balaban J connectivity index is 1.47. The second-order valence-electron chi connectivity index (χ2n) is 6.20. The van der Waals surface area contributed by atoms with Gasteiger partial charge in [0.15, 0.2) is 0 Å². The number of imidazole rings is 1. The molecule has 1 unspecified atom stereocenters. The lowest BCUT2D eigenvalue weighted by atomic mass is 10.1. The van der Waals surface area contributed by atoms with Crippen LogP contribution in [-0.2, 0) is 4.74 Å². The summed E-state index contributed by atoms with van der Waals surface area (Å²) in [6.45, 7) is 2.72. The van der Waals surface area contributed by atoms with Gasteiger partial charge < -0.3 is 15.4 Å². The van der Waals surface area contributed by atoms with Gasteiger partial charge in [0.2, 0.25) is 0 Å². The molecular formula is C19H19FN4O2. The smallest absolute Gasteiger partial charge is 0.251 e. The lowest BCUT2D eigenvalue weighted by Gasteiger charge is -2.23. The minimum absolute atomic E-state index is 0.0000252. The topological polar surface area (TPSA) is 67.7 Å². The molecule has 1 aliphatic rings. The number of hydrogen-bond acceptors (Lipinski definition) is 4. The predicted molar refractivity (Wildman–Crippen MR) is 95.5 cm³/mol. The Morgan fingerprint density at radius 1 is 1.31 bits per heavy atom. The summed E-state index contributed by atoms with van der Waals surface area (Å²) in [5.41, 5.74) is 2.87. The Kier molecular flexibility index (Phi) is 4.64. The number of carbonyl (C=O) groups excluding carboxylic acids is 1. The number of nitrogens with one attached hydrogen (secondary N) is 2. The van der Waals surface area contributed by atoms with Crippen LogP contribution in [-0.4, -0.2) is 47.6 Å². The molecule has 1 saturated heterocycles. The molecule has 26 heavy (non-hydrogen) atoms. The van der Waals surface area contributed by atoms with Gasteiger partial charge in [-0.05, 0) is 24.3 Å². The van der Waals surface area contributed by atoms with Crippen LogP contribution in [0.5, 0.6) is 0 Å². The number of aromatic nitrogens is 2. The summed E-state index contributed by atoms with van der Waals surface area (Å²) in [5.74, 6) is -0.470. The van der Waals surface area contributed by atoms with Gasteiger partial charge in [-0.2, -0.15) is 0 Å². The fourth-order valence-corrected chi connectivity index (χ4v) is 3.02. The Morgan fingerprint density at radius 3 is 2.92 bits per heavy atom. The Bertz CT molecular complexity index is 917. The van der Waals surface area contributed by atoms with E-state index >= 15 is 0 Å². The summed E-state index contributed by atoms with van der Waals surface area (Å²) in [6, 6.07) is 10.2. The highest BCUT2D eigenvalue weighted by molar-refractivity contribution is 5.94. The number of amides is 1. The molecule has 4 rings (SSSR count). The summed E-state index contributed by atoms with van der Waals surface area (Å²) < 4.78 is 20.8. The normalized spacial score (nSPS) is 17.3. The van der Waals surface area contributed by atoms with Crippen LogP contribution in [0.25, 0.3) is 16.9 Å². The number of nitrogens with zero attached hydrogens (tertiary/aromatic N) is 2. The maximum Gasteiger partial charge on any atom is 0.251 e. The van der Waals surface area contributed by atoms with Crippen molar-refractivity contribution >= 4 is 11.6 Å². The summed E-state index contributed by atoms with van der Waals surface area (Å²) in [7, 11) is 0. The maximum absolute atomic E-state index is 13.5. The van der Waals surface area contributed by atoms with E-state index in [-0.39, 0.29) is 17.8 Å². The van der Waals surface area contributed by atoms with Gasteiger partial charge in [0, 0.05) is 37.0 Å². The number of carbonyl (C=O) groups is 1. The van der Waals surface area contributed by atoms with Gasteiger partial charge in [0.1, 0.15) is 11.5 Å². The van der Waals surface area contributed by atoms with Crippen molar-refractivity contribution in [2.75, 3.05) is 26.2 Å². The van der Waals surface area contributed by atoms with Gasteiger partial charge in [0.25, 0.3) is 5.91 Å². The van der Waals surface area contributed by atoms with Crippen LogP contribution in [0.4, 0.5) is 4.39 Å². The lowest BCUT2D eigenvalue weighted by molar-refractivity contribution is 0.0287. The van der Waals surface area contributed by atoms with Gasteiger partial charge in [-0.25, -0.2) is 9.37 Å². The summed E-state index contributed by atoms with van der Waals surface area (Å²) in [6.07, 6.45) is 3.09. The van der Waals surface area contributed by atoms with Crippen molar-refractivity contribution in [1.29, 1.82) is 0 Å². The summed E-state index contributed by atoms with van der Waals surface area (Å²) in [4.78, 5) is 16.6. The zero-order chi connectivity index (χ0) is 17.9. The van der Waals surface area contributed by atoms with E-state index in [0.717, 1.165) is 24.3 Å². The summed E-state index contributed by atoms with van der Waals surface area (Å²) >= 11 is 0. The fourth-order valence-electron chi connectivity index (χ4n) is 3.02. The molecule has 2 aromatic heterocycles. The van der Waals surface area contributed by atoms with E-state index in [2.05, 4.69) is 15.6 Å². The van der Waals surface area contributed by atoms with Gasteiger partial charge in [0.05, 0.1) is 24.6 Å². The number of pyridine rings is 1. The number of ether oxygens (including phenoxy) is 1. The quantitative estimate of drug-likeness (QED) is 0.751. The predicted octanol–water partition coefficient (Wildman–Crippen LogP) is 1.86. The first-order valence-corrected chi connectivity index (χ1v) is 8.54. The largest absolute Gasteiger partial charge is 0.374 e. The van der Waals surface area contributed by atoms with Crippen LogP contribution in [0.15, 0.2) is 48.8 Å². The maximum atomic E-state index is 13.5. The molecule has 0 saturated carbocycles. The zero-order valence-electron chi connectivity index (χ0n) is 14.1. The first kappa shape index (κ1) is 16.7. The number of benzene rings is 1. The van der Waals surface area contributed by atoms with Crippen molar-refractivity contribution in [3.05, 3.63) is 60.2 Å². The molecule has 7 heteroatoms. The molecule has 6 nitrogen and oxygen atoms in total. The third-order valence-corrected chi connectivity index (χ3v) is 4.41. The highest BCUT2D eigenvalue weighted by Gasteiger charge is 2.15. The molecule has 1 atom stereocenters. The van der Waals surface area contributed by atoms with Gasteiger partial charge >= 0.3 is 0 Å². The molecule has 1 aliphatic heterocycles. The van der Waals surface area contributed by atoms with E-state index in [1.54, 1.807) is 28.8 Å². The van der Waals surface area contributed by atoms with Crippen LogP contribution < -0.4 is 10.6 Å². The molecule has 0 radical (unpaired) electrons. The molecular weight excluding hydrogens is 335 g/mol. The van der Waals surface area contributed by atoms with Crippen molar-refractivity contribution in [2.45, 2.75) is 6.10 Å². The molecule has 3 heterocycles. The number of morpholine rings is 1. The van der Waals surface area contributed by atoms with Crippen LogP contribution in [0, 0.1) is 5.82 Å². The Morgan fingerprint density at radius 2 is 2.15 bits per heavy atom. The Hall–Kier alpha value is -2.77. The van der Waals surface area contributed by atoms with E-state index in [0.29, 0.717) is 24.4 Å². The van der Waals surface area contributed by atoms with Crippen molar-refractivity contribution < 1.29 is 13.9 Å². The highest BCUT2D eigenvalue weighted by atomic mass is 19.1. The SMILES string of the molecule is O=C(NCC1CNCCO1)c1ccc(-c2cnc3ccc(F)cn23)cc1. The second-order valence-corrected chi connectivity index (χ2v) is 6.20. The summed E-state index contributed by atoms with van der Waals surface area (Å²) in [5, 5.41) is 6.12. The van der Waals surface area contributed by atoms with Crippen molar-refractivity contribution in [2.24, 2.45) is 0 Å². The molecule has 3 aromatic rings. The monoisotopic (exact) mass is 354 g/mol. The van der Waals surface area contributed by atoms with Crippen molar-refractivity contribution in [3.63, 3.8) is 0 Å². The van der Waals surface area contributed by atoms with E-state index in [4.69, 9.17) is 4.74 Å². The van der Waals surface area contributed by atoms with E-state index < -0.39 is 0 Å². The van der Waals surface area contributed by atoms with Crippen molar-refractivity contribution in [1.82, 2.24) is 20.0 Å². The number of hydrogen-bond donors (Lipinski definition) is 2.